The van der Waals surface area contributed by atoms with E-state index in [1.807, 2.05) is 0 Å². The van der Waals surface area contributed by atoms with Gasteiger partial charge in [0.05, 0.1) is 16.8 Å². The fraction of sp³-hybridized carbons (Fsp3) is 0.217. The summed E-state index contributed by atoms with van der Waals surface area (Å²) < 4.78 is 9.89. The first-order chi connectivity index (χ1) is 12.7. The summed E-state index contributed by atoms with van der Waals surface area (Å²) in [5, 5.41) is 3.74. The molecule has 1 aliphatic heterocycles. The highest BCUT2D eigenvalue weighted by molar-refractivity contribution is 9.10. The molecule has 0 aliphatic carbocycles. The van der Waals surface area contributed by atoms with Crippen molar-refractivity contribution < 1.29 is 4.74 Å². The Labute approximate surface area is 161 Å². The van der Waals surface area contributed by atoms with Gasteiger partial charge in [0.1, 0.15) is 5.75 Å². The van der Waals surface area contributed by atoms with Crippen LogP contribution in [0.4, 0.5) is 0 Å². The maximum atomic E-state index is 6.26. The van der Waals surface area contributed by atoms with Crippen molar-refractivity contribution in [3.05, 3.63) is 65.1 Å². The molecule has 1 atom stereocenters. The number of rotatable bonds is 0. The van der Waals surface area contributed by atoms with Crippen LogP contribution in [0.5, 0.6) is 5.75 Å². The molecule has 130 valence electrons. The number of halogens is 1. The van der Waals surface area contributed by atoms with Gasteiger partial charge < -0.3 is 9.30 Å². The minimum atomic E-state index is 0.553. The minimum absolute atomic E-state index is 0.553. The van der Waals surface area contributed by atoms with E-state index >= 15 is 0 Å². The van der Waals surface area contributed by atoms with E-state index in [1.165, 1.54) is 32.9 Å². The van der Waals surface area contributed by atoms with Crippen molar-refractivity contribution in [2.24, 2.45) is 5.92 Å². The molecule has 0 fully saturated rings. The first-order valence-corrected chi connectivity index (χ1v) is 9.95. The molecule has 0 saturated carbocycles. The van der Waals surface area contributed by atoms with Crippen molar-refractivity contribution >= 4 is 37.6 Å². The van der Waals surface area contributed by atoms with Crippen molar-refractivity contribution in [1.82, 2.24) is 4.57 Å². The van der Waals surface area contributed by atoms with E-state index in [1.54, 1.807) is 0 Å². The van der Waals surface area contributed by atoms with Gasteiger partial charge in [-0.15, -0.1) is 0 Å². The molecular weight excluding hydrogens is 386 g/mol. The van der Waals surface area contributed by atoms with Gasteiger partial charge in [0.15, 0.2) is 0 Å². The second-order valence-electron chi connectivity index (χ2n) is 7.19. The predicted molar refractivity (Wildman–Crippen MR) is 112 cm³/mol. The summed E-state index contributed by atoms with van der Waals surface area (Å²) in [5.41, 5.74) is 3.70. The normalized spacial score (nSPS) is 17.1. The van der Waals surface area contributed by atoms with Crippen LogP contribution < -0.4 is 4.74 Å². The quantitative estimate of drug-likeness (QED) is 0.319. The Morgan fingerprint density at radius 1 is 0.962 bits per heavy atom. The van der Waals surface area contributed by atoms with Crippen LogP contribution in [0.1, 0.15) is 13.3 Å². The second-order valence-corrected chi connectivity index (χ2v) is 7.99. The highest BCUT2D eigenvalue weighted by atomic mass is 79.9. The fourth-order valence-corrected chi connectivity index (χ4v) is 4.83. The van der Waals surface area contributed by atoms with Crippen molar-refractivity contribution in [2.45, 2.75) is 19.9 Å². The molecule has 2 heterocycles. The van der Waals surface area contributed by atoms with Crippen LogP contribution >= 0.6 is 15.9 Å². The first kappa shape index (κ1) is 16.0. The minimum Gasteiger partial charge on any atom is -0.493 e. The molecule has 1 aliphatic rings. The Morgan fingerprint density at radius 3 is 2.62 bits per heavy atom. The molecule has 0 radical (unpaired) electrons. The lowest BCUT2D eigenvalue weighted by atomic mass is 10.0. The van der Waals surface area contributed by atoms with E-state index in [2.05, 4.69) is 88.1 Å². The van der Waals surface area contributed by atoms with Gasteiger partial charge in [-0.05, 0) is 51.2 Å². The van der Waals surface area contributed by atoms with Crippen molar-refractivity contribution in [3.8, 4) is 17.0 Å². The van der Waals surface area contributed by atoms with E-state index < -0.39 is 0 Å². The second kappa shape index (κ2) is 6.17. The largest absolute Gasteiger partial charge is 0.493 e. The molecule has 0 unspecified atom stereocenters. The number of hydrogen-bond acceptors (Lipinski definition) is 1. The summed E-state index contributed by atoms with van der Waals surface area (Å²) in [6.45, 7) is 4.06. The van der Waals surface area contributed by atoms with Gasteiger partial charge in [0, 0.05) is 23.0 Å². The van der Waals surface area contributed by atoms with Gasteiger partial charge in [-0.25, -0.2) is 0 Å². The highest BCUT2D eigenvalue weighted by Crippen LogP contribution is 2.45. The maximum absolute atomic E-state index is 6.26. The van der Waals surface area contributed by atoms with E-state index in [9.17, 15) is 0 Å². The SMILES string of the molecule is C[C@@H]1CCOc2ccc3ccccc3c2-c2c(Br)c3ccccc3n2C1. The zero-order valence-corrected chi connectivity index (χ0v) is 16.3. The number of benzene rings is 3. The molecule has 5 rings (SSSR count). The number of hydrogen-bond donors (Lipinski definition) is 0. The maximum Gasteiger partial charge on any atom is 0.129 e. The summed E-state index contributed by atoms with van der Waals surface area (Å²) in [6, 6.07) is 21.5. The number of aromatic nitrogens is 1. The summed E-state index contributed by atoms with van der Waals surface area (Å²) in [5.74, 6) is 1.53. The summed E-state index contributed by atoms with van der Waals surface area (Å²) >= 11 is 3.92. The lowest BCUT2D eigenvalue weighted by molar-refractivity contribution is 0.280. The number of nitrogens with zero attached hydrogens (tertiary/aromatic N) is 1. The molecule has 3 aromatic carbocycles. The van der Waals surface area contributed by atoms with E-state index in [4.69, 9.17) is 4.74 Å². The molecule has 4 aromatic rings. The van der Waals surface area contributed by atoms with Crippen LogP contribution in [0.2, 0.25) is 0 Å². The number of para-hydroxylation sites is 1. The lowest BCUT2D eigenvalue weighted by Gasteiger charge is -2.16. The van der Waals surface area contributed by atoms with E-state index in [0.717, 1.165) is 29.8 Å². The molecule has 26 heavy (non-hydrogen) atoms. The molecular formula is C23H20BrNO. The van der Waals surface area contributed by atoms with Crippen molar-refractivity contribution in [1.29, 1.82) is 0 Å². The van der Waals surface area contributed by atoms with Crippen LogP contribution in [0.25, 0.3) is 32.9 Å². The Bertz CT molecular complexity index is 1130. The zero-order chi connectivity index (χ0) is 17.7. The Morgan fingerprint density at radius 2 is 1.73 bits per heavy atom. The summed E-state index contributed by atoms with van der Waals surface area (Å²) in [4.78, 5) is 0. The molecule has 0 saturated heterocycles. The first-order valence-electron chi connectivity index (χ1n) is 9.15. The van der Waals surface area contributed by atoms with Crippen LogP contribution in [-0.4, -0.2) is 11.2 Å². The molecule has 0 bridgehead atoms. The van der Waals surface area contributed by atoms with Gasteiger partial charge in [-0.2, -0.15) is 0 Å². The van der Waals surface area contributed by atoms with Crippen LogP contribution in [0.3, 0.4) is 0 Å². The summed E-state index contributed by atoms with van der Waals surface area (Å²) in [7, 11) is 0. The molecule has 0 amide bonds. The topological polar surface area (TPSA) is 14.2 Å². The van der Waals surface area contributed by atoms with E-state index in [-0.39, 0.29) is 0 Å². The average Bonchev–Trinajstić information content (AvgIpc) is 2.96. The third kappa shape index (κ3) is 2.38. The van der Waals surface area contributed by atoms with E-state index in [0.29, 0.717) is 5.92 Å². The molecule has 0 spiro atoms. The molecule has 3 heteroatoms. The van der Waals surface area contributed by atoms with Crippen LogP contribution in [-0.2, 0) is 6.54 Å². The number of fused-ring (bicyclic) bond motifs is 7. The predicted octanol–water partition coefficient (Wildman–Crippen LogP) is 6.64. The summed E-state index contributed by atoms with van der Waals surface area (Å²) in [6.07, 6.45) is 1.05. The van der Waals surface area contributed by atoms with Gasteiger partial charge in [0.25, 0.3) is 0 Å². The third-order valence-electron chi connectivity index (χ3n) is 5.40. The van der Waals surface area contributed by atoms with Crippen LogP contribution in [0.15, 0.2) is 65.1 Å². The zero-order valence-electron chi connectivity index (χ0n) is 14.7. The van der Waals surface area contributed by atoms with Gasteiger partial charge in [-0.1, -0.05) is 55.5 Å². The third-order valence-corrected chi connectivity index (χ3v) is 6.20. The van der Waals surface area contributed by atoms with Gasteiger partial charge >= 0.3 is 0 Å². The van der Waals surface area contributed by atoms with Crippen molar-refractivity contribution in [2.75, 3.05) is 6.61 Å². The Balaban J connectivity index is 1.95. The Kier molecular flexibility index (Phi) is 3.79. The molecule has 0 N–H and O–H groups in total. The monoisotopic (exact) mass is 405 g/mol. The van der Waals surface area contributed by atoms with Gasteiger partial charge in [0.2, 0.25) is 0 Å². The fourth-order valence-electron chi connectivity index (χ4n) is 4.08. The van der Waals surface area contributed by atoms with Crippen LogP contribution in [0, 0.1) is 5.92 Å². The standard InChI is InChI=1S/C23H20BrNO/c1-15-12-13-26-20-11-10-16-6-2-3-7-17(16)21(20)23-22(24)18-8-4-5-9-19(18)25(23)14-15/h2-11,15H,12-14H2,1H3/t15-/m1/s1. The van der Waals surface area contributed by atoms with Crippen molar-refractivity contribution in [3.63, 3.8) is 0 Å². The average molecular weight is 406 g/mol. The number of ether oxygens (including phenoxy) is 1. The molecule has 1 aromatic heterocycles. The van der Waals surface area contributed by atoms with Gasteiger partial charge in [-0.3, -0.25) is 0 Å². The molecule has 2 nitrogen and oxygen atoms in total. The lowest BCUT2D eigenvalue weighted by Crippen LogP contribution is -2.10. The smallest absolute Gasteiger partial charge is 0.129 e. The Hall–Kier alpha value is -2.26. The highest BCUT2D eigenvalue weighted by Gasteiger charge is 2.24.